The summed E-state index contributed by atoms with van der Waals surface area (Å²) in [6.07, 6.45) is 6.38. The third-order valence-electron chi connectivity index (χ3n) is 4.86. The maximum Gasteiger partial charge on any atom is 0.263 e. The highest BCUT2D eigenvalue weighted by Crippen LogP contribution is 2.27. The molecule has 140 valence electrons. The van der Waals surface area contributed by atoms with E-state index in [1.54, 1.807) is 12.3 Å². The Balaban J connectivity index is 1.77. The number of rotatable bonds is 5. The Morgan fingerprint density at radius 1 is 1.27 bits per heavy atom. The molecule has 1 unspecified atom stereocenters. The molecule has 5 nitrogen and oxygen atoms in total. The van der Waals surface area contributed by atoms with Crippen molar-refractivity contribution >= 4 is 21.5 Å². The van der Waals surface area contributed by atoms with E-state index in [9.17, 15) is 12.8 Å². The number of aryl methyl sites for hydroxylation is 1. The quantitative estimate of drug-likeness (QED) is 0.852. The zero-order valence-electron chi connectivity index (χ0n) is 15.1. The Bertz CT molecular complexity index is 869. The monoisotopic (exact) mass is 377 g/mol. The second-order valence-electron chi connectivity index (χ2n) is 6.67. The number of aromatic nitrogens is 1. The summed E-state index contributed by atoms with van der Waals surface area (Å²) in [5.41, 5.74) is 1.30. The van der Waals surface area contributed by atoms with Crippen molar-refractivity contribution in [2.24, 2.45) is 0 Å². The van der Waals surface area contributed by atoms with Gasteiger partial charge in [0.25, 0.3) is 10.0 Å². The number of nitrogens with zero attached hydrogens (tertiary/aromatic N) is 2. The summed E-state index contributed by atoms with van der Waals surface area (Å²) in [6.45, 7) is 4.72. The molecule has 26 heavy (non-hydrogen) atoms. The molecule has 7 heteroatoms. The van der Waals surface area contributed by atoms with Crippen molar-refractivity contribution < 1.29 is 12.8 Å². The molecule has 1 aromatic heterocycles. The van der Waals surface area contributed by atoms with Gasteiger partial charge in [0.05, 0.1) is 16.8 Å². The van der Waals surface area contributed by atoms with E-state index in [4.69, 9.17) is 0 Å². The van der Waals surface area contributed by atoms with Crippen molar-refractivity contribution in [2.75, 3.05) is 16.2 Å². The molecule has 0 spiro atoms. The SMILES string of the molecule is CCC1CCCCN1c1ccc(NS(=O)(=O)c2ccc(F)c(C)c2)nc1. The second-order valence-corrected chi connectivity index (χ2v) is 8.35. The predicted molar refractivity (Wildman–Crippen MR) is 101 cm³/mol. The Morgan fingerprint density at radius 3 is 2.73 bits per heavy atom. The third-order valence-corrected chi connectivity index (χ3v) is 6.21. The van der Waals surface area contributed by atoms with Crippen LogP contribution in [0.15, 0.2) is 41.4 Å². The van der Waals surface area contributed by atoms with Crippen molar-refractivity contribution in [3.05, 3.63) is 47.9 Å². The molecule has 0 radical (unpaired) electrons. The van der Waals surface area contributed by atoms with Gasteiger partial charge in [-0.15, -0.1) is 0 Å². The van der Waals surface area contributed by atoms with Gasteiger partial charge in [-0.05, 0) is 68.5 Å². The molecule has 3 rings (SSSR count). The molecular formula is C19H24FN3O2S. The van der Waals surface area contributed by atoms with Gasteiger partial charge in [0.15, 0.2) is 0 Å². The van der Waals surface area contributed by atoms with Crippen LogP contribution < -0.4 is 9.62 Å². The molecule has 1 saturated heterocycles. The first-order valence-corrected chi connectivity index (χ1v) is 10.4. The minimum atomic E-state index is -3.80. The first kappa shape index (κ1) is 18.6. The average Bonchev–Trinajstić information content (AvgIpc) is 2.64. The largest absolute Gasteiger partial charge is 0.367 e. The number of anilines is 2. The van der Waals surface area contributed by atoms with Crippen LogP contribution in [0.25, 0.3) is 0 Å². The zero-order valence-corrected chi connectivity index (χ0v) is 15.9. The van der Waals surface area contributed by atoms with Crippen LogP contribution in [-0.2, 0) is 10.0 Å². The lowest BCUT2D eigenvalue weighted by Gasteiger charge is -2.37. The smallest absolute Gasteiger partial charge is 0.263 e. The number of piperidine rings is 1. The van der Waals surface area contributed by atoms with Crippen molar-refractivity contribution in [3.63, 3.8) is 0 Å². The van der Waals surface area contributed by atoms with E-state index in [0.717, 1.165) is 31.1 Å². The molecule has 1 atom stereocenters. The van der Waals surface area contributed by atoms with Crippen LogP contribution in [0.2, 0.25) is 0 Å². The molecule has 0 saturated carbocycles. The second kappa shape index (κ2) is 7.61. The summed E-state index contributed by atoms with van der Waals surface area (Å²) in [5, 5.41) is 0. The van der Waals surface area contributed by atoms with E-state index in [1.165, 1.54) is 31.9 Å². The summed E-state index contributed by atoms with van der Waals surface area (Å²) in [5.74, 6) is -0.181. The minimum absolute atomic E-state index is 0.0179. The molecular weight excluding hydrogens is 353 g/mol. The van der Waals surface area contributed by atoms with Crippen LogP contribution >= 0.6 is 0 Å². The molecule has 1 aromatic carbocycles. The maximum atomic E-state index is 13.4. The standard InChI is InChI=1S/C19H24FN3O2S/c1-3-15-6-4-5-11-23(15)16-7-10-19(21-13-16)22-26(24,25)17-8-9-18(20)14(2)12-17/h7-10,12-13,15H,3-6,11H2,1-2H3,(H,21,22). The zero-order chi connectivity index (χ0) is 18.7. The van der Waals surface area contributed by atoms with E-state index in [2.05, 4.69) is 21.5 Å². The fourth-order valence-electron chi connectivity index (χ4n) is 3.36. The van der Waals surface area contributed by atoms with Crippen molar-refractivity contribution in [2.45, 2.75) is 50.5 Å². The number of hydrogen-bond acceptors (Lipinski definition) is 4. The Hall–Kier alpha value is -2.15. The van der Waals surface area contributed by atoms with Crippen LogP contribution in [0.4, 0.5) is 15.9 Å². The minimum Gasteiger partial charge on any atom is -0.367 e. The molecule has 2 aromatic rings. The van der Waals surface area contributed by atoms with Gasteiger partial charge in [-0.3, -0.25) is 4.72 Å². The van der Waals surface area contributed by atoms with Crippen LogP contribution in [0.1, 0.15) is 38.2 Å². The van der Waals surface area contributed by atoms with Crippen molar-refractivity contribution in [1.82, 2.24) is 4.98 Å². The molecule has 1 N–H and O–H groups in total. The number of sulfonamides is 1. The predicted octanol–water partition coefficient (Wildman–Crippen LogP) is 4.10. The van der Waals surface area contributed by atoms with Gasteiger partial charge in [0.1, 0.15) is 11.6 Å². The summed E-state index contributed by atoms with van der Waals surface area (Å²) in [6, 6.07) is 7.79. The van der Waals surface area contributed by atoms with E-state index >= 15 is 0 Å². The van der Waals surface area contributed by atoms with Crippen molar-refractivity contribution in [1.29, 1.82) is 0 Å². The Morgan fingerprint density at radius 2 is 2.08 bits per heavy atom. The van der Waals surface area contributed by atoms with Gasteiger partial charge in [-0.25, -0.2) is 17.8 Å². The summed E-state index contributed by atoms with van der Waals surface area (Å²) in [4.78, 5) is 6.63. The number of pyridine rings is 1. The number of halogens is 1. The number of benzene rings is 1. The van der Waals surface area contributed by atoms with Gasteiger partial charge in [-0.2, -0.15) is 0 Å². The van der Waals surface area contributed by atoms with E-state index in [0.29, 0.717) is 6.04 Å². The lowest BCUT2D eigenvalue weighted by Crippen LogP contribution is -2.39. The molecule has 1 aliphatic heterocycles. The summed E-state index contributed by atoms with van der Waals surface area (Å²) < 4.78 is 40.8. The topological polar surface area (TPSA) is 62.3 Å². The van der Waals surface area contributed by atoms with Crippen molar-refractivity contribution in [3.8, 4) is 0 Å². The highest BCUT2D eigenvalue weighted by molar-refractivity contribution is 7.92. The number of hydrogen-bond donors (Lipinski definition) is 1. The highest BCUT2D eigenvalue weighted by Gasteiger charge is 2.22. The van der Waals surface area contributed by atoms with Crippen LogP contribution in [-0.4, -0.2) is 26.0 Å². The van der Waals surface area contributed by atoms with E-state index in [1.807, 2.05) is 6.07 Å². The Labute approximate surface area is 154 Å². The summed E-state index contributed by atoms with van der Waals surface area (Å²) in [7, 11) is -3.80. The average molecular weight is 377 g/mol. The van der Waals surface area contributed by atoms with Crippen LogP contribution in [0.3, 0.4) is 0 Å². The van der Waals surface area contributed by atoms with Crippen LogP contribution in [0, 0.1) is 12.7 Å². The number of nitrogens with one attached hydrogen (secondary N) is 1. The van der Waals surface area contributed by atoms with Gasteiger partial charge in [0.2, 0.25) is 0 Å². The highest BCUT2D eigenvalue weighted by atomic mass is 32.2. The molecule has 1 fully saturated rings. The fraction of sp³-hybridized carbons (Fsp3) is 0.421. The maximum absolute atomic E-state index is 13.4. The van der Waals surface area contributed by atoms with Gasteiger partial charge in [0, 0.05) is 12.6 Å². The summed E-state index contributed by atoms with van der Waals surface area (Å²) >= 11 is 0. The molecule has 0 aliphatic carbocycles. The van der Waals surface area contributed by atoms with E-state index < -0.39 is 15.8 Å². The normalized spacial score (nSPS) is 18.0. The first-order valence-electron chi connectivity index (χ1n) is 8.92. The third kappa shape index (κ3) is 3.98. The van der Waals surface area contributed by atoms with Gasteiger partial charge < -0.3 is 4.90 Å². The molecule has 2 heterocycles. The molecule has 1 aliphatic rings. The molecule has 0 amide bonds. The van der Waals surface area contributed by atoms with Crippen LogP contribution in [0.5, 0.6) is 0 Å². The first-order chi connectivity index (χ1) is 12.4. The Kier molecular flexibility index (Phi) is 5.46. The lowest BCUT2D eigenvalue weighted by atomic mass is 9.99. The van der Waals surface area contributed by atoms with Gasteiger partial charge >= 0.3 is 0 Å². The fourth-order valence-corrected chi connectivity index (χ4v) is 4.46. The van der Waals surface area contributed by atoms with E-state index in [-0.39, 0.29) is 16.3 Å². The molecule has 0 bridgehead atoms. The van der Waals surface area contributed by atoms with Gasteiger partial charge in [-0.1, -0.05) is 6.92 Å². The lowest BCUT2D eigenvalue weighted by molar-refractivity contribution is 0.449.